The summed E-state index contributed by atoms with van der Waals surface area (Å²) in [5.41, 5.74) is -0.864. The van der Waals surface area contributed by atoms with Gasteiger partial charge in [0.1, 0.15) is 0 Å². The molecule has 1 rings (SSSR count). The molecule has 0 fully saturated rings. The van der Waals surface area contributed by atoms with Crippen molar-refractivity contribution >= 4 is 34.6 Å². The van der Waals surface area contributed by atoms with Crippen LogP contribution in [0.2, 0.25) is 0 Å². The number of carbonyl (C=O) groups is 2. The summed E-state index contributed by atoms with van der Waals surface area (Å²) in [6.07, 6.45) is 18.0. The Morgan fingerprint density at radius 2 is 1.57 bits per heavy atom. The van der Waals surface area contributed by atoms with Crippen molar-refractivity contribution < 1.29 is 24.9 Å². The minimum absolute atomic E-state index is 0.116. The Balaban J connectivity index is 2.60. The van der Waals surface area contributed by atoms with E-state index in [1.165, 1.54) is 69.5 Å². The molecule has 0 spiro atoms. The van der Waals surface area contributed by atoms with Crippen LogP contribution >= 0.6 is 11.8 Å². The average Bonchev–Trinajstić information content (AvgIpc) is 3.13. The maximum Gasteiger partial charge on any atom is 0.337 e. The molecular weight excluding hydrogens is 464 g/mol. The van der Waals surface area contributed by atoms with Gasteiger partial charge in [0, 0.05) is 6.42 Å². The molecule has 0 aromatic heterocycles. The maximum atomic E-state index is 11.8. The molecule has 0 aromatic rings. The minimum Gasteiger partial charge on any atom is -0.481 e. The lowest BCUT2D eigenvalue weighted by molar-refractivity contribution is -0.140. The molecule has 3 unspecified atom stereocenters. The molecule has 0 saturated carbocycles. The van der Waals surface area contributed by atoms with Gasteiger partial charge in [-0.3, -0.25) is 4.79 Å². The molecule has 1 aliphatic rings. The number of carboxylic acids is 2. The van der Waals surface area contributed by atoms with E-state index in [4.69, 9.17) is 5.11 Å². The van der Waals surface area contributed by atoms with Crippen LogP contribution < -0.4 is 0 Å². The zero-order valence-electron chi connectivity index (χ0n) is 21.9. The molecule has 3 atom stereocenters. The van der Waals surface area contributed by atoms with Gasteiger partial charge in [0.2, 0.25) is 0 Å². The van der Waals surface area contributed by atoms with Gasteiger partial charge in [0.15, 0.2) is 10.7 Å². The molecule has 200 valence electrons. The Bertz CT molecular complexity index is 737. The van der Waals surface area contributed by atoms with Gasteiger partial charge >= 0.3 is 11.9 Å². The van der Waals surface area contributed by atoms with E-state index in [0.29, 0.717) is 17.3 Å². The molecule has 0 radical (unpaired) electrons. The number of unbranched alkanes of at least 4 members (excludes halogenated alkanes) is 10. The Morgan fingerprint density at radius 3 is 2.11 bits per heavy atom. The highest BCUT2D eigenvalue weighted by atomic mass is 32.2. The van der Waals surface area contributed by atoms with E-state index < -0.39 is 28.8 Å². The number of thioether (sulfide) groups is 1. The first-order valence-corrected chi connectivity index (χ1v) is 14.3. The monoisotopic (exact) mass is 510 g/mol. The van der Waals surface area contributed by atoms with Crippen molar-refractivity contribution in [2.24, 2.45) is 9.98 Å². The third-order valence-corrected chi connectivity index (χ3v) is 7.48. The second-order valence-electron chi connectivity index (χ2n) is 9.56. The number of aliphatic imine (C=N–C) groups is 2. The Kier molecular flexibility index (Phi) is 15.9. The first-order chi connectivity index (χ1) is 16.7. The Labute approximate surface area is 215 Å². The lowest BCUT2D eigenvalue weighted by atomic mass is 9.94. The number of aliphatic hydroxyl groups excluding tert-OH is 1. The molecule has 0 aromatic carbocycles. The van der Waals surface area contributed by atoms with Crippen LogP contribution in [-0.2, 0) is 9.59 Å². The van der Waals surface area contributed by atoms with Gasteiger partial charge in [-0.05, 0) is 32.6 Å². The van der Waals surface area contributed by atoms with Crippen molar-refractivity contribution in [1.82, 2.24) is 0 Å². The van der Waals surface area contributed by atoms with Crippen LogP contribution in [0.4, 0.5) is 0 Å². The van der Waals surface area contributed by atoms with Gasteiger partial charge in [-0.2, -0.15) is 0 Å². The lowest BCUT2D eigenvalue weighted by Crippen LogP contribution is -2.39. The first-order valence-electron chi connectivity index (χ1n) is 13.4. The van der Waals surface area contributed by atoms with Gasteiger partial charge < -0.3 is 15.3 Å². The van der Waals surface area contributed by atoms with E-state index in [-0.39, 0.29) is 12.8 Å². The molecule has 0 aliphatic carbocycles. The number of aliphatic hydroxyl groups is 1. The number of allylic oxidation sites excluding steroid dienone is 1. The first kappa shape index (κ1) is 31.4. The molecule has 0 saturated heterocycles. The molecule has 0 amide bonds. The van der Waals surface area contributed by atoms with Crippen LogP contribution in [0.25, 0.3) is 0 Å². The third-order valence-electron chi connectivity index (χ3n) is 6.34. The SMILES string of the molecule is CCCCCCCCCCCC/C=C\C(SC1=NC(C)(C(=O)O)C(CCC)=N1)C(O)CCC(=O)O. The summed E-state index contributed by atoms with van der Waals surface area (Å²) >= 11 is 1.21. The highest BCUT2D eigenvalue weighted by molar-refractivity contribution is 8.14. The zero-order valence-corrected chi connectivity index (χ0v) is 22.7. The van der Waals surface area contributed by atoms with Crippen LogP contribution in [0, 0.1) is 0 Å². The number of nitrogens with zero attached hydrogens (tertiary/aromatic N) is 2. The number of carboxylic acid groups (broad SMARTS) is 2. The lowest BCUT2D eigenvalue weighted by Gasteiger charge is -2.18. The number of aliphatic carboxylic acids is 2. The second-order valence-corrected chi connectivity index (χ2v) is 10.7. The molecular formula is C27H46N2O5S. The molecule has 0 bridgehead atoms. The number of rotatable bonds is 20. The maximum absolute atomic E-state index is 11.8. The van der Waals surface area contributed by atoms with E-state index in [2.05, 4.69) is 16.9 Å². The fourth-order valence-electron chi connectivity index (χ4n) is 4.05. The van der Waals surface area contributed by atoms with E-state index in [1.54, 1.807) is 6.92 Å². The Hall–Kier alpha value is -1.67. The number of amidine groups is 1. The zero-order chi connectivity index (χ0) is 26.1. The highest BCUT2D eigenvalue weighted by Gasteiger charge is 2.42. The fourth-order valence-corrected chi connectivity index (χ4v) is 5.17. The van der Waals surface area contributed by atoms with Crippen LogP contribution in [0.5, 0.6) is 0 Å². The van der Waals surface area contributed by atoms with Crippen molar-refractivity contribution in [3.63, 3.8) is 0 Å². The molecule has 1 heterocycles. The largest absolute Gasteiger partial charge is 0.481 e. The number of hydrogen-bond donors (Lipinski definition) is 3. The minimum atomic E-state index is -1.38. The molecule has 8 heteroatoms. The van der Waals surface area contributed by atoms with E-state index in [1.807, 2.05) is 19.1 Å². The van der Waals surface area contributed by atoms with E-state index >= 15 is 0 Å². The van der Waals surface area contributed by atoms with Gasteiger partial charge in [-0.15, -0.1) is 0 Å². The Morgan fingerprint density at radius 1 is 0.971 bits per heavy atom. The average molecular weight is 511 g/mol. The van der Waals surface area contributed by atoms with Crippen LogP contribution in [-0.4, -0.2) is 55.0 Å². The molecule has 35 heavy (non-hydrogen) atoms. The quantitative estimate of drug-likeness (QED) is 0.125. The smallest absolute Gasteiger partial charge is 0.337 e. The third kappa shape index (κ3) is 12.2. The molecule has 1 aliphatic heterocycles. The summed E-state index contributed by atoms with van der Waals surface area (Å²) < 4.78 is 0. The summed E-state index contributed by atoms with van der Waals surface area (Å²) in [6.45, 7) is 5.75. The van der Waals surface area contributed by atoms with Gasteiger partial charge in [-0.25, -0.2) is 14.8 Å². The van der Waals surface area contributed by atoms with Crippen LogP contribution in [0.1, 0.15) is 117 Å². The van der Waals surface area contributed by atoms with E-state index in [0.717, 1.165) is 19.3 Å². The summed E-state index contributed by atoms with van der Waals surface area (Å²) in [5, 5.41) is 29.2. The van der Waals surface area contributed by atoms with Gasteiger partial charge in [0.25, 0.3) is 0 Å². The summed E-state index contributed by atoms with van der Waals surface area (Å²) in [4.78, 5) is 31.6. The fraction of sp³-hybridized carbons (Fsp3) is 0.778. The van der Waals surface area contributed by atoms with Crippen molar-refractivity contribution in [3.05, 3.63) is 12.2 Å². The van der Waals surface area contributed by atoms with Crippen molar-refractivity contribution in [2.45, 2.75) is 134 Å². The predicted molar refractivity (Wildman–Crippen MR) is 146 cm³/mol. The topological polar surface area (TPSA) is 120 Å². The summed E-state index contributed by atoms with van der Waals surface area (Å²) in [5.74, 6) is -2.00. The van der Waals surface area contributed by atoms with E-state index in [9.17, 15) is 19.8 Å². The standard InChI is InChI=1S/C27H46N2O5S/c1-4-6-7-8-9-10-11-12-13-14-15-16-18-22(21(30)19-20-24(31)32)35-26-28-23(17-5-2)27(3,29-26)25(33)34/h16,18,21-22,30H,4-15,17,19-20H2,1-3H3,(H,31,32)(H,33,34)/b18-16-. The van der Waals surface area contributed by atoms with Gasteiger partial charge in [0.05, 0.1) is 17.1 Å². The molecule has 7 nitrogen and oxygen atoms in total. The summed E-state index contributed by atoms with van der Waals surface area (Å²) in [7, 11) is 0. The van der Waals surface area contributed by atoms with Crippen LogP contribution in [0.3, 0.4) is 0 Å². The highest BCUT2D eigenvalue weighted by Crippen LogP contribution is 2.31. The second kappa shape index (κ2) is 17.7. The van der Waals surface area contributed by atoms with Crippen molar-refractivity contribution in [2.75, 3.05) is 0 Å². The van der Waals surface area contributed by atoms with Crippen LogP contribution in [0.15, 0.2) is 22.1 Å². The molecule has 3 N–H and O–H groups in total. The normalized spacial score (nSPS) is 19.5. The summed E-state index contributed by atoms with van der Waals surface area (Å²) in [6, 6.07) is 0. The van der Waals surface area contributed by atoms with Crippen molar-refractivity contribution in [3.8, 4) is 0 Å². The van der Waals surface area contributed by atoms with Crippen molar-refractivity contribution in [1.29, 1.82) is 0 Å². The predicted octanol–water partition coefficient (Wildman–Crippen LogP) is 6.64. The van der Waals surface area contributed by atoms with Gasteiger partial charge in [-0.1, -0.05) is 102 Å². The number of hydrogen-bond acceptors (Lipinski definition) is 6.